The van der Waals surface area contributed by atoms with Gasteiger partial charge >= 0.3 is 12.1 Å². The van der Waals surface area contributed by atoms with Gasteiger partial charge in [0.15, 0.2) is 0 Å². The summed E-state index contributed by atoms with van der Waals surface area (Å²) in [5.41, 5.74) is 0.471. The van der Waals surface area contributed by atoms with Crippen molar-refractivity contribution in [2.24, 2.45) is 0 Å². The molecule has 0 unspecified atom stereocenters. The van der Waals surface area contributed by atoms with E-state index in [9.17, 15) is 23.2 Å². The maximum atomic E-state index is 13.6. The molecule has 2 aromatic carbocycles. The van der Waals surface area contributed by atoms with Crippen LogP contribution in [0.15, 0.2) is 48.7 Å². The number of aliphatic carboxylic acids is 1. The molecule has 0 fully saturated rings. The van der Waals surface area contributed by atoms with Gasteiger partial charge in [0.2, 0.25) is 5.91 Å². The molecule has 1 aromatic heterocycles. The Morgan fingerprint density at radius 1 is 1.14 bits per heavy atom. The van der Waals surface area contributed by atoms with Crippen LogP contribution in [-0.2, 0) is 20.7 Å². The van der Waals surface area contributed by atoms with E-state index in [1.165, 1.54) is 48.5 Å². The third-order valence-corrected chi connectivity index (χ3v) is 6.02. The van der Waals surface area contributed by atoms with Gasteiger partial charge in [-0.25, -0.2) is 18.6 Å². The van der Waals surface area contributed by atoms with Crippen LogP contribution in [0, 0.1) is 11.6 Å². The molecular formula is C25H24ClF2N3O5. The molecule has 2 amide bonds. The monoisotopic (exact) mass is 519 g/mol. The average Bonchev–Trinajstić information content (AvgIpc) is 2.84. The number of amides is 2. The van der Waals surface area contributed by atoms with Crippen LogP contribution in [0.4, 0.5) is 19.4 Å². The molecule has 0 bridgehead atoms. The number of carbonyl (C=O) groups is 3. The van der Waals surface area contributed by atoms with Crippen molar-refractivity contribution >= 4 is 46.2 Å². The van der Waals surface area contributed by atoms with Gasteiger partial charge in [-0.2, -0.15) is 0 Å². The predicted molar refractivity (Wildman–Crippen MR) is 130 cm³/mol. The summed E-state index contributed by atoms with van der Waals surface area (Å²) < 4.78 is 32.3. The first-order valence-electron chi connectivity index (χ1n) is 11.0. The number of hydrogen-bond donors (Lipinski definition) is 2. The highest BCUT2D eigenvalue weighted by molar-refractivity contribution is 6.31. The Hall–Kier alpha value is -3.79. The first-order chi connectivity index (χ1) is 17.1. The van der Waals surface area contributed by atoms with E-state index in [-0.39, 0.29) is 49.0 Å². The van der Waals surface area contributed by atoms with Crippen molar-refractivity contribution in [1.29, 1.82) is 0 Å². The number of likely N-dealkylation sites (N-methyl/N-ethyl adjacent to an activating group) is 1. The van der Waals surface area contributed by atoms with Crippen molar-refractivity contribution in [2.75, 3.05) is 19.0 Å². The number of aryl methyl sites for hydroxylation is 1. The number of pyridine rings is 1. The van der Waals surface area contributed by atoms with Gasteiger partial charge in [0.1, 0.15) is 24.1 Å². The van der Waals surface area contributed by atoms with Crippen molar-refractivity contribution in [2.45, 2.75) is 31.7 Å². The zero-order valence-electron chi connectivity index (χ0n) is 19.3. The molecule has 3 rings (SSSR count). The highest BCUT2D eigenvalue weighted by Crippen LogP contribution is 2.22. The number of carboxylic acids is 1. The van der Waals surface area contributed by atoms with Crippen molar-refractivity contribution in [3.8, 4) is 0 Å². The Bertz CT molecular complexity index is 1270. The Morgan fingerprint density at radius 3 is 2.67 bits per heavy atom. The second-order valence-corrected chi connectivity index (χ2v) is 8.47. The van der Waals surface area contributed by atoms with Crippen LogP contribution < -0.4 is 5.32 Å². The highest BCUT2D eigenvalue weighted by atomic mass is 35.5. The number of aromatic nitrogens is 1. The lowest BCUT2D eigenvalue weighted by Crippen LogP contribution is -2.41. The first-order valence-corrected chi connectivity index (χ1v) is 11.4. The van der Waals surface area contributed by atoms with E-state index < -0.39 is 29.7 Å². The minimum atomic E-state index is -1.07. The van der Waals surface area contributed by atoms with Crippen LogP contribution >= 0.6 is 11.6 Å². The summed E-state index contributed by atoms with van der Waals surface area (Å²) in [6.07, 6.45) is 0.566. The molecule has 36 heavy (non-hydrogen) atoms. The number of ether oxygens (including phenoxy) is 1. The molecule has 1 atom stereocenters. The van der Waals surface area contributed by atoms with E-state index in [1.54, 1.807) is 12.1 Å². The number of carboxylic acid groups (broad SMARTS) is 1. The smallest absolute Gasteiger partial charge is 0.412 e. The van der Waals surface area contributed by atoms with Gasteiger partial charge in [-0.05, 0) is 54.1 Å². The molecule has 190 valence electrons. The predicted octanol–water partition coefficient (Wildman–Crippen LogP) is 5.04. The van der Waals surface area contributed by atoms with Crippen molar-refractivity contribution < 1.29 is 33.0 Å². The van der Waals surface area contributed by atoms with Gasteiger partial charge in [0.25, 0.3) is 0 Å². The van der Waals surface area contributed by atoms with Gasteiger partial charge in [0.05, 0.1) is 11.1 Å². The standard InChI is InChI=1S/C25H24ClF2N3O5/c1-31(22(32)9-6-15-3-2-4-20(28)24(15)26)19(8-10-23(33)34)14-36-25(35)30-21-12-17-11-18(27)7-5-16(17)13-29-21/h2-5,7,11-13,19H,6,8-10,14H2,1H3,(H,33,34)(H,29,30,35)/t19-/m0/s1. The number of fused-ring (bicyclic) bond motifs is 1. The third kappa shape index (κ3) is 7.35. The van der Waals surface area contributed by atoms with E-state index in [1.807, 2.05) is 0 Å². The first kappa shape index (κ1) is 26.8. The topological polar surface area (TPSA) is 109 Å². The summed E-state index contributed by atoms with van der Waals surface area (Å²) in [6.45, 7) is -0.274. The summed E-state index contributed by atoms with van der Waals surface area (Å²) in [5.74, 6) is -2.30. The Morgan fingerprint density at radius 2 is 1.92 bits per heavy atom. The molecule has 8 nitrogen and oxygen atoms in total. The van der Waals surface area contributed by atoms with Crippen molar-refractivity contribution in [3.63, 3.8) is 0 Å². The Labute approximate surface area is 210 Å². The number of benzene rings is 2. The molecule has 0 aliphatic rings. The van der Waals surface area contributed by atoms with E-state index in [0.29, 0.717) is 16.3 Å². The second-order valence-electron chi connectivity index (χ2n) is 8.09. The lowest BCUT2D eigenvalue weighted by molar-refractivity contribution is -0.139. The van der Waals surface area contributed by atoms with Gasteiger partial charge in [-0.15, -0.1) is 0 Å². The highest BCUT2D eigenvalue weighted by Gasteiger charge is 2.23. The fraction of sp³-hybridized carbons (Fsp3) is 0.280. The molecule has 0 aliphatic heterocycles. The molecule has 0 saturated heterocycles. The number of carbonyl (C=O) groups excluding carboxylic acids is 2. The molecule has 0 radical (unpaired) electrons. The Kier molecular flexibility index (Phi) is 9.13. The molecule has 0 saturated carbocycles. The molecular weight excluding hydrogens is 496 g/mol. The van der Waals surface area contributed by atoms with Crippen LogP contribution in [0.3, 0.4) is 0 Å². The van der Waals surface area contributed by atoms with E-state index in [2.05, 4.69) is 10.3 Å². The average molecular weight is 520 g/mol. The van der Waals surface area contributed by atoms with Crippen molar-refractivity contribution in [1.82, 2.24) is 9.88 Å². The number of halogens is 3. The third-order valence-electron chi connectivity index (χ3n) is 5.59. The molecule has 0 aliphatic carbocycles. The summed E-state index contributed by atoms with van der Waals surface area (Å²) >= 11 is 5.94. The quantitative estimate of drug-likeness (QED) is 0.388. The number of anilines is 1. The van der Waals surface area contributed by atoms with Crippen LogP contribution in [0.2, 0.25) is 5.02 Å². The summed E-state index contributed by atoms with van der Waals surface area (Å²) in [7, 11) is 1.47. The van der Waals surface area contributed by atoms with E-state index in [4.69, 9.17) is 21.4 Å². The SMILES string of the molecule is CN(C(=O)CCc1cccc(F)c1Cl)[C@@H](CCC(=O)O)COC(=O)Nc1cc2cc(F)ccc2cn1. The van der Waals surface area contributed by atoms with Crippen LogP contribution in [0.1, 0.15) is 24.8 Å². The van der Waals surface area contributed by atoms with E-state index in [0.717, 1.165) is 0 Å². The minimum Gasteiger partial charge on any atom is -0.481 e. The fourth-order valence-corrected chi connectivity index (χ4v) is 3.76. The molecule has 3 aromatic rings. The maximum Gasteiger partial charge on any atom is 0.412 e. The number of hydrogen-bond acceptors (Lipinski definition) is 5. The zero-order chi connectivity index (χ0) is 26.2. The van der Waals surface area contributed by atoms with Gasteiger partial charge in [-0.1, -0.05) is 23.7 Å². The minimum absolute atomic E-state index is 0.00693. The molecule has 0 spiro atoms. The lowest BCUT2D eigenvalue weighted by atomic mass is 10.1. The molecule has 2 N–H and O–H groups in total. The lowest BCUT2D eigenvalue weighted by Gasteiger charge is -2.27. The van der Waals surface area contributed by atoms with Crippen LogP contribution in [0.5, 0.6) is 0 Å². The van der Waals surface area contributed by atoms with E-state index >= 15 is 0 Å². The zero-order valence-corrected chi connectivity index (χ0v) is 20.1. The van der Waals surface area contributed by atoms with Crippen LogP contribution in [0.25, 0.3) is 10.8 Å². The summed E-state index contributed by atoms with van der Waals surface area (Å²) in [5, 5.41) is 12.7. The molecule has 1 heterocycles. The fourth-order valence-electron chi connectivity index (χ4n) is 3.53. The largest absolute Gasteiger partial charge is 0.481 e. The van der Waals surface area contributed by atoms with Gasteiger partial charge < -0.3 is 14.7 Å². The maximum absolute atomic E-state index is 13.6. The van der Waals surface area contributed by atoms with Gasteiger partial charge in [0, 0.05) is 31.5 Å². The van der Waals surface area contributed by atoms with Crippen LogP contribution in [-0.4, -0.2) is 52.7 Å². The number of nitrogens with zero attached hydrogens (tertiary/aromatic N) is 2. The number of nitrogens with one attached hydrogen (secondary N) is 1. The van der Waals surface area contributed by atoms with Crippen molar-refractivity contribution in [3.05, 3.63) is 70.9 Å². The Balaban J connectivity index is 1.60. The second kappa shape index (κ2) is 12.3. The number of rotatable bonds is 10. The molecule has 11 heteroatoms. The summed E-state index contributed by atoms with van der Waals surface area (Å²) in [6, 6.07) is 9.24. The summed E-state index contributed by atoms with van der Waals surface area (Å²) in [4.78, 5) is 41.5. The normalized spacial score (nSPS) is 11.7. The van der Waals surface area contributed by atoms with Gasteiger partial charge in [-0.3, -0.25) is 14.9 Å².